The first-order chi connectivity index (χ1) is 6.45. The lowest BCUT2D eigenvalue weighted by Gasteiger charge is -1.91. The molecule has 0 spiro atoms. The van der Waals surface area contributed by atoms with Crippen LogP contribution in [0.4, 0.5) is 0 Å². The van der Waals surface area contributed by atoms with Crippen molar-refractivity contribution in [2.75, 3.05) is 0 Å². The van der Waals surface area contributed by atoms with E-state index in [1.54, 1.807) is 11.3 Å². The van der Waals surface area contributed by atoms with Gasteiger partial charge < -0.3 is 0 Å². The Morgan fingerprint density at radius 2 is 1.69 bits per heavy atom. The van der Waals surface area contributed by atoms with Gasteiger partial charge in [0.05, 0.1) is 0 Å². The molecule has 0 atom stereocenters. The molecule has 13 heavy (non-hydrogen) atoms. The van der Waals surface area contributed by atoms with Crippen LogP contribution in [0.2, 0.25) is 0 Å². The van der Waals surface area contributed by atoms with E-state index in [-0.39, 0.29) is 0 Å². The van der Waals surface area contributed by atoms with Crippen LogP contribution in [0.1, 0.15) is 0 Å². The van der Waals surface area contributed by atoms with E-state index >= 15 is 0 Å². The van der Waals surface area contributed by atoms with Crippen molar-refractivity contribution >= 4 is 21.4 Å². The zero-order valence-corrected chi connectivity index (χ0v) is 7.84. The third-order valence-corrected chi connectivity index (χ3v) is 3.24. The molecule has 3 rings (SSSR count). The molecule has 2 aliphatic rings. The van der Waals surface area contributed by atoms with Crippen molar-refractivity contribution in [1.29, 1.82) is 0 Å². The lowest BCUT2D eigenvalue weighted by molar-refractivity contribution is 1.86. The van der Waals surface area contributed by atoms with E-state index in [9.17, 15) is 0 Å². The van der Waals surface area contributed by atoms with Gasteiger partial charge in [0.2, 0.25) is 0 Å². The molecule has 1 heterocycles. The molecular formula is C12H8S. The van der Waals surface area contributed by atoms with E-state index in [0.717, 1.165) is 0 Å². The number of hydrogen-bond donors (Lipinski definition) is 0. The van der Waals surface area contributed by atoms with Crippen molar-refractivity contribution < 1.29 is 0 Å². The minimum absolute atomic E-state index is 1.33. The van der Waals surface area contributed by atoms with E-state index < -0.39 is 0 Å². The molecule has 1 heteroatoms. The second-order valence-electron chi connectivity index (χ2n) is 3.12. The zero-order valence-electron chi connectivity index (χ0n) is 7.03. The van der Waals surface area contributed by atoms with Crippen molar-refractivity contribution in [3.8, 4) is 11.1 Å². The highest BCUT2D eigenvalue weighted by Gasteiger charge is 2.04. The summed E-state index contributed by atoms with van der Waals surface area (Å²) in [4.78, 5) is 0. The Bertz CT molecular complexity index is 522. The van der Waals surface area contributed by atoms with Gasteiger partial charge >= 0.3 is 0 Å². The van der Waals surface area contributed by atoms with Crippen molar-refractivity contribution in [2.45, 2.75) is 0 Å². The molecule has 0 radical (unpaired) electrons. The molecule has 2 aliphatic carbocycles. The van der Waals surface area contributed by atoms with Crippen molar-refractivity contribution in [2.24, 2.45) is 0 Å². The maximum absolute atomic E-state index is 2.20. The van der Waals surface area contributed by atoms with Gasteiger partial charge in [-0.25, -0.2) is 0 Å². The van der Waals surface area contributed by atoms with Crippen LogP contribution in [0, 0.1) is 0 Å². The lowest BCUT2D eigenvalue weighted by atomic mass is 10.1. The molecule has 0 aromatic carbocycles. The van der Waals surface area contributed by atoms with Gasteiger partial charge in [-0.1, -0.05) is 30.3 Å². The fraction of sp³-hybridized carbons (Fsp3) is 0. The Balaban J connectivity index is 2.58. The third-order valence-electron chi connectivity index (χ3n) is 2.36. The van der Waals surface area contributed by atoms with Gasteiger partial charge in [0.1, 0.15) is 0 Å². The van der Waals surface area contributed by atoms with Crippen LogP contribution in [-0.2, 0) is 0 Å². The maximum atomic E-state index is 2.20. The van der Waals surface area contributed by atoms with E-state index in [1.165, 1.54) is 21.2 Å². The number of hydrogen-bond acceptors (Lipinski definition) is 1. The SMILES string of the molecule is c1cc2cccc3sccc3c-2c1. The topological polar surface area (TPSA) is 0 Å². The highest BCUT2D eigenvalue weighted by molar-refractivity contribution is 7.17. The average molecular weight is 184 g/mol. The standard InChI is InChI=1S/C12H8S/c1-3-9-4-2-6-12-11(7-8-13-12)10(9)5-1/h1-8H. The molecule has 0 fully saturated rings. The van der Waals surface area contributed by atoms with Crippen LogP contribution in [0.5, 0.6) is 0 Å². The number of fused-ring (bicyclic) bond motifs is 3. The zero-order chi connectivity index (χ0) is 8.67. The summed E-state index contributed by atoms with van der Waals surface area (Å²) in [5.74, 6) is 0. The Morgan fingerprint density at radius 3 is 2.62 bits per heavy atom. The van der Waals surface area contributed by atoms with Crippen LogP contribution in [-0.4, -0.2) is 0 Å². The van der Waals surface area contributed by atoms with E-state index in [1.807, 2.05) is 0 Å². The monoisotopic (exact) mass is 184 g/mol. The van der Waals surface area contributed by atoms with Crippen LogP contribution in [0.15, 0.2) is 47.8 Å². The van der Waals surface area contributed by atoms with Crippen LogP contribution >= 0.6 is 11.3 Å². The van der Waals surface area contributed by atoms with Crippen LogP contribution in [0.25, 0.3) is 21.2 Å². The first-order valence-electron chi connectivity index (χ1n) is 4.30. The Labute approximate surface area is 80.8 Å². The van der Waals surface area contributed by atoms with Gasteiger partial charge in [-0.15, -0.1) is 11.3 Å². The number of thiophene rings is 1. The summed E-state index contributed by atoms with van der Waals surface area (Å²) in [6.07, 6.45) is 0. The van der Waals surface area contributed by atoms with Gasteiger partial charge in [0, 0.05) is 10.1 Å². The Kier molecular flexibility index (Phi) is 1.41. The minimum Gasteiger partial charge on any atom is -0.144 e. The molecule has 0 unspecified atom stereocenters. The predicted molar refractivity (Wildman–Crippen MR) is 58.4 cm³/mol. The molecule has 0 amide bonds. The van der Waals surface area contributed by atoms with Gasteiger partial charge in [-0.3, -0.25) is 0 Å². The Hall–Kier alpha value is -1.34. The smallest absolute Gasteiger partial charge is 0.0348 e. The quantitative estimate of drug-likeness (QED) is 0.495. The first kappa shape index (κ1) is 7.10. The summed E-state index contributed by atoms with van der Waals surface area (Å²) in [7, 11) is 0. The minimum atomic E-state index is 1.33. The molecule has 0 N–H and O–H groups in total. The van der Waals surface area contributed by atoms with Crippen LogP contribution in [0.3, 0.4) is 0 Å². The molecular weight excluding hydrogens is 176 g/mol. The van der Waals surface area contributed by atoms with Crippen molar-refractivity contribution in [1.82, 2.24) is 0 Å². The molecule has 0 nitrogen and oxygen atoms in total. The second kappa shape index (κ2) is 2.57. The third kappa shape index (κ3) is 0.973. The lowest BCUT2D eigenvalue weighted by Crippen LogP contribution is -1.64. The summed E-state index contributed by atoms with van der Waals surface area (Å²) in [6, 6.07) is 15.1. The van der Waals surface area contributed by atoms with E-state index in [2.05, 4.69) is 47.8 Å². The second-order valence-corrected chi connectivity index (χ2v) is 4.07. The first-order valence-corrected chi connectivity index (χ1v) is 5.18. The summed E-state index contributed by atoms with van der Waals surface area (Å²) in [5.41, 5.74) is 2.69. The number of rotatable bonds is 0. The van der Waals surface area contributed by atoms with Gasteiger partial charge in [0.15, 0.2) is 0 Å². The molecule has 1 aromatic rings. The highest BCUT2D eigenvalue weighted by atomic mass is 32.1. The summed E-state index contributed by atoms with van der Waals surface area (Å²) in [6.45, 7) is 0. The molecule has 0 bridgehead atoms. The fourth-order valence-electron chi connectivity index (χ4n) is 1.74. The average Bonchev–Trinajstić information content (AvgIpc) is 2.72. The van der Waals surface area contributed by atoms with E-state index in [4.69, 9.17) is 0 Å². The fourth-order valence-corrected chi connectivity index (χ4v) is 2.55. The molecule has 0 saturated carbocycles. The van der Waals surface area contributed by atoms with Crippen LogP contribution < -0.4 is 0 Å². The molecule has 62 valence electrons. The van der Waals surface area contributed by atoms with Gasteiger partial charge in [0.25, 0.3) is 0 Å². The largest absolute Gasteiger partial charge is 0.144 e. The molecule has 0 saturated heterocycles. The van der Waals surface area contributed by atoms with E-state index in [0.29, 0.717) is 0 Å². The summed E-state index contributed by atoms with van der Waals surface area (Å²) in [5, 5.41) is 3.52. The summed E-state index contributed by atoms with van der Waals surface area (Å²) >= 11 is 1.80. The predicted octanol–water partition coefficient (Wildman–Crippen LogP) is 4.01. The molecule has 0 aliphatic heterocycles. The maximum Gasteiger partial charge on any atom is 0.0348 e. The highest BCUT2D eigenvalue weighted by Crippen LogP contribution is 2.32. The van der Waals surface area contributed by atoms with Gasteiger partial charge in [-0.05, 0) is 28.6 Å². The van der Waals surface area contributed by atoms with Gasteiger partial charge in [-0.2, -0.15) is 0 Å². The molecule has 1 aromatic heterocycles. The normalized spacial score (nSPS) is 11.1. The Morgan fingerprint density at radius 1 is 0.846 bits per heavy atom. The summed E-state index contributed by atoms with van der Waals surface area (Å²) < 4.78 is 1.36. The van der Waals surface area contributed by atoms with Crippen molar-refractivity contribution in [3.63, 3.8) is 0 Å². The van der Waals surface area contributed by atoms with Crippen molar-refractivity contribution in [3.05, 3.63) is 47.8 Å².